The lowest BCUT2D eigenvalue weighted by molar-refractivity contribution is 0.231. The molecule has 1 aromatic rings. The van der Waals surface area contributed by atoms with Crippen molar-refractivity contribution in [1.82, 2.24) is 14.7 Å². The summed E-state index contributed by atoms with van der Waals surface area (Å²) in [4.78, 5) is 2.49. The number of aryl methyl sites for hydroxylation is 1. The Labute approximate surface area is 91.1 Å². The lowest BCUT2D eigenvalue weighted by atomic mass is 9.98. The van der Waals surface area contributed by atoms with Gasteiger partial charge in [0.2, 0.25) is 0 Å². The highest BCUT2D eigenvalue weighted by Gasteiger charge is 2.34. The third-order valence-electron chi connectivity index (χ3n) is 3.50. The quantitative estimate of drug-likeness (QED) is 0.798. The maximum absolute atomic E-state index is 5.84. The van der Waals surface area contributed by atoms with E-state index in [0.29, 0.717) is 12.0 Å². The van der Waals surface area contributed by atoms with Gasteiger partial charge in [0.15, 0.2) is 0 Å². The van der Waals surface area contributed by atoms with Crippen LogP contribution in [0.4, 0.5) is 0 Å². The molecule has 2 heterocycles. The first-order valence-corrected chi connectivity index (χ1v) is 5.70. The van der Waals surface area contributed by atoms with Crippen LogP contribution in [0.3, 0.4) is 0 Å². The summed E-state index contributed by atoms with van der Waals surface area (Å²) in [5, 5.41) is 4.25. The summed E-state index contributed by atoms with van der Waals surface area (Å²) in [6.45, 7) is 5.23. The van der Waals surface area contributed by atoms with Crippen molar-refractivity contribution in [1.29, 1.82) is 0 Å². The Morgan fingerprint density at radius 1 is 1.60 bits per heavy atom. The normalized spacial score (nSPS) is 27.4. The van der Waals surface area contributed by atoms with Crippen LogP contribution >= 0.6 is 0 Å². The Kier molecular flexibility index (Phi) is 3.07. The largest absolute Gasteiger partial charge is 0.330 e. The fourth-order valence-corrected chi connectivity index (χ4v) is 2.63. The highest BCUT2D eigenvalue weighted by Crippen LogP contribution is 2.35. The van der Waals surface area contributed by atoms with E-state index >= 15 is 0 Å². The van der Waals surface area contributed by atoms with Crippen LogP contribution in [-0.2, 0) is 7.05 Å². The van der Waals surface area contributed by atoms with Crippen molar-refractivity contribution in [3.63, 3.8) is 0 Å². The van der Waals surface area contributed by atoms with Crippen LogP contribution in [0.2, 0.25) is 0 Å². The molecule has 2 atom stereocenters. The fourth-order valence-electron chi connectivity index (χ4n) is 2.63. The van der Waals surface area contributed by atoms with Crippen LogP contribution in [0.25, 0.3) is 0 Å². The van der Waals surface area contributed by atoms with E-state index in [1.54, 1.807) is 0 Å². The predicted molar refractivity (Wildman–Crippen MR) is 60.4 cm³/mol. The van der Waals surface area contributed by atoms with E-state index in [1.807, 2.05) is 17.9 Å². The van der Waals surface area contributed by atoms with Crippen LogP contribution < -0.4 is 5.73 Å². The molecule has 15 heavy (non-hydrogen) atoms. The molecule has 1 aliphatic heterocycles. The molecule has 0 saturated carbocycles. The molecule has 0 radical (unpaired) electrons. The van der Waals surface area contributed by atoms with Crippen molar-refractivity contribution in [3.8, 4) is 0 Å². The molecule has 0 amide bonds. The van der Waals surface area contributed by atoms with E-state index in [4.69, 9.17) is 5.73 Å². The summed E-state index contributed by atoms with van der Waals surface area (Å²) >= 11 is 0. The van der Waals surface area contributed by atoms with Gasteiger partial charge in [-0.25, -0.2) is 0 Å². The molecule has 1 aromatic heterocycles. The Bertz CT molecular complexity index is 308. The molecule has 0 bridgehead atoms. The van der Waals surface area contributed by atoms with Crippen LogP contribution in [0.15, 0.2) is 12.3 Å². The van der Waals surface area contributed by atoms with E-state index in [0.717, 1.165) is 19.6 Å². The average Bonchev–Trinajstić information content (AvgIpc) is 2.82. The molecule has 1 fully saturated rings. The smallest absolute Gasteiger partial charge is 0.0558 e. The molecule has 0 aliphatic carbocycles. The van der Waals surface area contributed by atoms with Gasteiger partial charge in [0.1, 0.15) is 0 Å². The topological polar surface area (TPSA) is 47.1 Å². The van der Waals surface area contributed by atoms with E-state index < -0.39 is 0 Å². The number of nitrogens with two attached hydrogens (primary N) is 1. The van der Waals surface area contributed by atoms with Crippen molar-refractivity contribution < 1.29 is 0 Å². The van der Waals surface area contributed by atoms with Gasteiger partial charge in [0.25, 0.3) is 0 Å². The highest BCUT2D eigenvalue weighted by atomic mass is 15.3. The molecule has 4 heteroatoms. The molecule has 0 aromatic carbocycles. The number of hydrogen-bond acceptors (Lipinski definition) is 3. The zero-order chi connectivity index (χ0) is 10.8. The van der Waals surface area contributed by atoms with Gasteiger partial charge in [0, 0.05) is 13.2 Å². The zero-order valence-electron chi connectivity index (χ0n) is 9.56. The number of hydrogen-bond donors (Lipinski definition) is 1. The van der Waals surface area contributed by atoms with Gasteiger partial charge in [-0.05, 0) is 38.0 Å². The summed E-state index contributed by atoms with van der Waals surface area (Å²) in [6, 6.07) is 2.58. The monoisotopic (exact) mass is 208 g/mol. The van der Waals surface area contributed by atoms with Gasteiger partial charge >= 0.3 is 0 Å². The first kappa shape index (κ1) is 10.6. The Balaban J connectivity index is 2.27. The molecule has 84 valence electrons. The van der Waals surface area contributed by atoms with E-state index in [9.17, 15) is 0 Å². The average molecular weight is 208 g/mol. The van der Waals surface area contributed by atoms with Gasteiger partial charge in [-0.1, -0.05) is 6.92 Å². The number of aromatic nitrogens is 2. The minimum absolute atomic E-state index is 0.465. The van der Waals surface area contributed by atoms with Crippen molar-refractivity contribution in [3.05, 3.63) is 18.0 Å². The van der Waals surface area contributed by atoms with Gasteiger partial charge in [-0.15, -0.1) is 0 Å². The highest BCUT2D eigenvalue weighted by molar-refractivity contribution is 5.11. The van der Waals surface area contributed by atoms with Crippen molar-refractivity contribution in [2.24, 2.45) is 18.7 Å². The first-order chi connectivity index (χ1) is 7.27. The van der Waals surface area contributed by atoms with Gasteiger partial charge in [-0.3, -0.25) is 9.58 Å². The second-order valence-corrected chi connectivity index (χ2v) is 4.24. The van der Waals surface area contributed by atoms with E-state index in [2.05, 4.69) is 23.0 Å². The summed E-state index contributed by atoms with van der Waals surface area (Å²) < 4.78 is 1.97. The molecule has 1 saturated heterocycles. The number of nitrogens with zero attached hydrogens (tertiary/aromatic N) is 3. The third-order valence-corrected chi connectivity index (χ3v) is 3.50. The van der Waals surface area contributed by atoms with Crippen molar-refractivity contribution in [2.45, 2.75) is 19.4 Å². The minimum atomic E-state index is 0.465. The standard InChI is InChI=1S/C11H20N4/c1-3-15-7-5-9(8-12)11(15)10-4-6-13-14(10)2/h4,6,9,11H,3,5,7-8,12H2,1-2H3. The van der Waals surface area contributed by atoms with Crippen LogP contribution in [0.1, 0.15) is 25.1 Å². The molecular formula is C11H20N4. The SMILES string of the molecule is CCN1CCC(CN)C1c1ccnn1C. The zero-order valence-corrected chi connectivity index (χ0v) is 9.56. The van der Waals surface area contributed by atoms with Crippen LogP contribution in [-0.4, -0.2) is 34.3 Å². The van der Waals surface area contributed by atoms with Crippen molar-refractivity contribution >= 4 is 0 Å². The lowest BCUT2D eigenvalue weighted by Gasteiger charge is -2.26. The Morgan fingerprint density at radius 3 is 2.93 bits per heavy atom. The van der Waals surface area contributed by atoms with Crippen LogP contribution in [0, 0.1) is 5.92 Å². The van der Waals surface area contributed by atoms with Crippen LogP contribution in [0.5, 0.6) is 0 Å². The molecule has 2 rings (SSSR count). The second kappa shape index (κ2) is 4.33. The summed E-state index contributed by atoms with van der Waals surface area (Å²) in [7, 11) is 2.01. The fraction of sp³-hybridized carbons (Fsp3) is 0.727. The summed E-state index contributed by atoms with van der Waals surface area (Å²) in [5.41, 5.74) is 7.14. The van der Waals surface area contributed by atoms with Gasteiger partial charge < -0.3 is 5.73 Å². The number of likely N-dealkylation sites (tertiary alicyclic amines) is 1. The molecule has 1 aliphatic rings. The maximum atomic E-state index is 5.84. The van der Waals surface area contributed by atoms with Gasteiger partial charge in [-0.2, -0.15) is 5.10 Å². The van der Waals surface area contributed by atoms with Crippen molar-refractivity contribution in [2.75, 3.05) is 19.6 Å². The first-order valence-electron chi connectivity index (χ1n) is 5.70. The lowest BCUT2D eigenvalue weighted by Crippen LogP contribution is -2.29. The maximum Gasteiger partial charge on any atom is 0.0558 e. The second-order valence-electron chi connectivity index (χ2n) is 4.24. The molecular weight excluding hydrogens is 188 g/mol. The Morgan fingerprint density at radius 2 is 2.40 bits per heavy atom. The Hall–Kier alpha value is -0.870. The molecule has 0 spiro atoms. The van der Waals surface area contributed by atoms with Gasteiger partial charge in [0.05, 0.1) is 11.7 Å². The summed E-state index contributed by atoms with van der Waals surface area (Å²) in [5.74, 6) is 0.584. The van der Waals surface area contributed by atoms with E-state index in [-0.39, 0.29) is 0 Å². The molecule has 2 N–H and O–H groups in total. The molecule has 4 nitrogen and oxygen atoms in total. The third kappa shape index (κ3) is 1.79. The van der Waals surface area contributed by atoms with E-state index in [1.165, 1.54) is 12.1 Å². The minimum Gasteiger partial charge on any atom is -0.330 e. The summed E-state index contributed by atoms with van der Waals surface area (Å²) in [6.07, 6.45) is 3.08. The number of rotatable bonds is 3. The predicted octanol–water partition coefficient (Wildman–Crippen LogP) is 0.762. The molecule has 2 unspecified atom stereocenters.